The van der Waals surface area contributed by atoms with Gasteiger partial charge in [0, 0.05) is 49.9 Å². The fraction of sp³-hybridized carbons (Fsp3) is 0.500. The Kier molecular flexibility index (Phi) is 7.88. The van der Waals surface area contributed by atoms with Gasteiger partial charge in [0.05, 0.1) is 23.0 Å². The van der Waals surface area contributed by atoms with Crippen LogP contribution in [0.25, 0.3) is 11.0 Å². The lowest BCUT2D eigenvalue weighted by Gasteiger charge is -2.49. The summed E-state index contributed by atoms with van der Waals surface area (Å²) >= 11 is 0. The monoisotopic (exact) mass is 531 g/mol. The van der Waals surface area contributed by atoms with Crippen LogP contribution in [0, 0.1) is 17.7 Å². The van der Waals surface area contributed by atoms with Crippen LogP contribution in [0.5, 0.6) is 0 Å². The minimum absolute atomic E-state index is 0.00588. The number of aryl methyl sites for hydroxylation is 1. The molecule has 0 amide bonds. The van der Waals surface area contributed by atoms with Gasteiger partial charge in [0.1, 0.15) is 17.9 Å². The molecule has 2 aromatic heterocycles. The normalized spacial score (nSPS) is 19.4. The lowest BCUT2D eigenvalue weighted by Crippen LogP contribution is -2.59. The van der Waals surface area contributed by atoms with E-state index < -0.39 is 23.6 Å². The second-order valence-corrected chi connectivity index (χ2v) is 9.80. The molecule has 204 valence electrons. The van der Waals surface area contributed by atoms with Gasteiger partial charge in [0.25, 0.3) is 5.56 Å². The molecule has 0 N–H and O–H groups in total. The van der Waals surface area contributed by atoms with Crippen molar-refractivity contribution >= 4 is 16.7 Å². The molecule has 1 fully saturated rings. The van der Waals surface area contributed by atoms with E-state index in [0.29, 0.717) is 31.2 Å². The summed E-state index contributed by atoms with van der Waals surface area (Å²) in [6, 6.07) is 3.95. The smallest absolute Gasteiger partial charge is 0.364 e. The maximum Gasteiger partial charge on any atom is 0.416 e. The first-order valence-corrected chi connectivity index (χ1v) is 12.9. The predicted molar refractivity (Wildman–Crippen MR) is 140 cm³/mol. The van der Waals surface area contributed by atoms with Crippen molar-refractivity contribution in [3.63, 3.8) is 0 Å². The van der Waals surface area contributed by atoms with Crippen LogP contribution in [-0.2, 0) is 19.8 Å². The second-order valence-electron chi connectivity index (χ2n) is 9.80. The average molecular weight is 532 g/mol. The molecule has 0 unspecified atom stereocenters. The molecule has 3 heterocycles. The highest BCUT2D eigenvalue weighted by atomic mass is 19.4. The lowest BCUT2D eigenvalue weighted by atomic mass is 9.95. The standard InChI is InChI=1S/C28H33F4N5O/c1-6-9-12-35-17-25-27(33-35)24(14-26(38)34(25)5)37-16-20(7-2)36(15-21(37)8-3)18(4)22-11-10-19(13-23(22)29)28(30,31)32/h10-11,13-14,17-18,20-21H,7-8,12,15-16H2,1-5H3/t18-,20+,21-/m0/s1. The van der Waals surface area contributed by atoms with Crippen LogP contribution in [0.2, 0.25) is 0 Å². The summed E-state index contributed by atoms with van der Waals surface area (Å²) < 4.78 is 57.4. The van der Waals surface area contributed by atoms with Crippen LogP contribution in [0.15, 0.2) is 35.3 Å². The van der Waals surface area contributed by atoms with Crippen molar-refractivity contribution in [2.24, 2.45) is 7.05 Å². The zero-order valence-corrected chi connectivity index (χ0v) is 22.3. The Morgan fingerprint density at radius 1 is 1.13 bits per heavy atom. The summed E-state index contributed by atoms with van der Waals surface area (Å²) in [5.41, 5.74) is 1.30. The Balaban J connectivity index is 1.70. The van der Waals surface area contributed by atoms with Crippen LogP contribution < -0.4 is 10.5 Å². The van der Waals surface area contributed by atoms with Crippen molar-refractivity contribution in [1.29, 1.82) is 0 Å². The summed E-state index contributed by atoms with van der Waals surface area (Å²) in [6.07, 6.45) is -1.27. The van der Waals surface area contributed by atoms with Gasteiger partial charge in [-0.25, -0.2) is 4.39 Å². The van der Waals surface area contributed by atoms with Gasteiger partial charge >= 0.3 is 6.18 Å². The molecule has 0 bridgehead atoms. The summed E-state index contributed by atoms with van der Waals surface area (Å²) in [5.74, 6) is 5.00. The molecule has 1 saturated heterocycles. The molecule has 4 rings (SSSR count). The van der Waals surface area contributed by atoms with Gasteiger partial charge in [-0.2, -0.15) is 18.3 Å². The van der Waals surface area contributed by atoms with Crippen molar-refractivity contribution in [3.05, 3.63) is 57.8 Å². The third-order valence-electron chi connectivity index (χ3n) is 7.62. The number of benzene rings is 1. The highest BCUT2D eigenvalue weighted by Gasteiger charge is 2.38. The number of alkyl halides is 3. The number of pyridine rings is 1. The Hall–Kier alpha value is -3.32. The fourth-order valence-corrected chi connectivity index (χ4v) is 5.37. The molecule has 3 aromatic rings. The highest BCUT2D eigenvalue weighted by Crippen LogP contribution is 2.36. The molecule has 0 aliphatic carbocycles. The van der Waals surface area contributed by atoms with Gasteiger partial charge in [-0.05, 0) is 38.8 Å². The van der Waals surface area contributed by atoms with Crippen LogP contribution in [0.3, 0.4) is 0 Å². The SMILES string of the molecule is CC#CCn1cc2c(n1)c(N1C[C@@H](CC)N([C@@H](C)c3ccc(C(F)(F)F)cc3F)C[C@@H]1CC)cc(=O)n2C. The van der Waals surface area contributed by atoms with Gasteiger partial charge in [-0.1, -0.05) is 25.8 Å². The number of nitrogens with zero attached hydrogens (tertiary/aromatic N) is 5. The van der Waals surface area contributed by atoms with Crippen molar-refractivity contribution in [2.45, 2.75) is 71.4 Å². The number of rotatable bonds is 6. The fourth-order valence-electron chi connectivity index (χ4n) is 5.37. The quantitative estimate of drug-likeness (QED) is 0.318. The molecule has 1 aliphatic heterocycles. The van der Waals surface area contributed by atoms with E-state index in [1.165, 1.54) is 6.07 Å². The number of hydrogen-bond donors (Lipinski definition) is 0. The van der Waals surface area contributed by atoms with Crippen LogP contribution >= 0.6 is 0 Å². The first-order valence-electron chi connectivity index (χ1n) is 12.9. The van der Waals surface area contributed by atoms with E-state index in [9.17, 15) is 22.4 Å². The van der Waals surface area contributed by atoms with Gasteiger partial charge < -0.3 is 9.47 Å². The summed E-state index contributed by atoms with van der Waals surface area (Å²) in [7, 11) is 1.72. The third-order valence-corrected chi connectivity index (χ3v) is 7.62. The highest BCUT2D eigenvalue weighted by molar-refractivity contribution is 5.88. The van der Waals surface area contributed by atoms with Crippen molar-refractivity contribution in [1.82, 2.24) is 19.2 Å². The van der Waals surface area contributed by atoms with E-state index in [2.05, 4.69) is 28.6 Å². The van der Waals surface area contributed by atoms with Crippen LogP contribution in [-0.4, -0.2) is 44.4 Å². The first-order chi connectivity index (χ1) is 18.0. The molecular formula is C28H33F4N5O. The molecule has 0 saturated carbocycles. The van der Waals surface area contributed by atoms with Crippen molar-refractivity contribution in [2.75, 3.05) is 18.0 Å². The van der Waals surface area contributed by atoms with Gasteiger partial charge in [-0.15, -0.1) is 5.92 Å². The largest absolute Gasteiger partial charge is 0.416 e. The molecule has 0 spiro atoms. The zero-order chi connectivity index (χ0) is 27.8. The molecule has 10 heteroatoms. The van der Waals surface area contributed by atoms with E-state index in [-0.39, 0.29) is 23.2 Å². The molecule has 3 atom stereocenters. The number of halogens is 4. The maximum absolute atomic E-state index is 14.9. The van der Waals surface area contributed by atoms with E-state index in [4.69, 9.17) is 5.10 Å². The molecule has 0 radical (unpaired) electrons. The molecular weight excluding hydrogens is 498 g/mol. The summed E-state index contributed by atoms with van der Waals surface area (Å²) in [6.45, 7) is 9.25. The minimum Gasteiger partial charge on any atom is -0.364 e. The Bertz CT molecular complexity index is 1430. The number of aromatic nitrogens is 3. The Morgan fingerprint density at radius 3 is 2.45 bits per heavy atom. The molecule has 38 heavy (non-hydrogen) atoms. The predicted octanol–water partition coefficient (Wildman–Crippen LogP) is 5.36. The molecule has 6 nitrogen and oxygen atoms in total. The topological polar surface area (TPSA) is 46.3 Å². The van der Waals surface area contributed by atoms with Gasteiger partial charge in [0.15, 0.2) is 0 Å². The van der Waals surface area contributed by atoms with Crippen LogP contribution in [0.1, 0.15) is 57.7 Å². The van der Waals surface area contributed by atoms with E-state index in [1.54, 1.807) is 29.3 Å². The van der Waals surface area contributed by atoms with Crippen molar-refractivity contribution in [3.8, 4) is 11.8 Å². The lowest BCUT2D eigenvalue weighted by molar-refractivity contribution is -0.137. The van der Waals surface area contributed by atoms with Gasteiger partial charge in [0.2, 0.25) is 0 Å². The van der Waals surface area contributed by atoms with Crippen LogP contribution in [0.4, 0.5) is 23.2 Å². The zero-order valence-electron chi connectivity index (χ0n) is 22.3. The third kappa shape index (κ3) is 5.17. The number of piperazine rings is 1. The molecule has 1 aliphatic rings. The first kappa shape index (κ1) is 27.7. The summed E-state index contributed by atoms with van der Waals surface area (Å²) in [4.78, 5) is 17.3. The average Bonchev–Trinajstić information content (AvgIpc) is 3.32. The van der Waals surface area contributed by atoms with Gasteiger partial charge in [-0.3, -0.25) is 14.4 Å². The van der Waals surface area contributed by atoms with Crippen molar-refractivity contribution < 1.29 is 17.6 Å². The number of fused-ring (bicyclic) bond motifs is 1. The number of anilines is 1. The Labute approximate surface area is 219 Å². The van der Waals surface area contributed by atoms with E-state index in [0.717, 1.165) is 30.1 Å². The number of hydrogen-bond acceptors (Lipinski definition) is 4. The minimum atomic E-state index is -4.60. The molecule has 1 aromatic carbocycles. The summed E-state index contributed by atoms with van der Waals surface area (Å²) in [5, 5.41) is 4.75. The maximum atomic E-state index is 14.9. The second kappa shape index (κ2) is 10.8. The Morgan fingerprint density at radius 2 is 1.84 bits per heavy atom. The van der Waals surface area contributed by atoms with E-state index in [1.807, 2.05) is 20.0 Å². The van der Waals surface area contributed by atoms with E-state index >= 15 is 0 Å².